The Morgan fingerprint density at radius 2 is 1.88 bits per heavy atom. The number of rotatable bonds is 6. The van der Waals surface area contributed by atoms with Crippen molar-refractivity contribution in [3.63, 3.8) is 0 Å². The Labute approximate surface area is 99.9 Å². The molecular weight excluding hydrogens is 204 g/mol. The van der Waals surface area contributed by atoms with E-state index in [9.17, 15) is 5.11 Å². The van der Waals surface area contributed by atoms with Crippen LogP contribution in [0.3, 0.4) is 0 Å². The zero-order chi connectivity index (χ0) is 12.4. The van der Waals surface area contributed by atoms with E-state index in [-0.39, 0.29) is 5.41 Å². The topological polar surface area (TPSA) is 50.7 Å². The molecule has 0 amide bonds. The normalized spacial score (nSPS) is 25.8. The van der Waals surface area contributed by atoms with Gasteiger partial charge in [0.2, 0.25) is 0 Å². The van der Waals surface area contributed by atoms with E-state index in [0.717, 1.165) is 25.6 Å². The van der Waals surface area contributed by atoms with Gasteiger partial charge in [-0.15, -0.1) is 0 Å². The highest BCUT2D eigenvalue weighted by atomic mass is 16.7. The first-order chi connectivity index (χ1) is 7.36. The highest BCUT2D eigenvalue weighted by Gasteiger charge is 2.56. The molecule has 1 unspecified atom stereocenters. The van der Waals surface area contributed by atoms with Crippen LogP contribution >= 0.6 is 0 Å². The Bertz CT molecular complexity index is 236. The molecule has 92 valence electrons. The van der Waals surface area contributed by atoms with Crippen molar-refractivity contribution in [2.45, 2.75) is 37.0 Å². The fraction of sp³-hybridized carbons (Fsp3) is 1.00. The molecule has 0 spiro atoms. The van der Waals surface area contributed by atoms with Crippen molar-refractivity contribution in [2.24, 2.45) is 5.41 Å². The lowest BCUT2D eigenvalue weighted by Gasteiger charge is -2.56. The molecular formula is C10H23B2NO3. The summed E-state index contributed by atoms with van der Waals surface area (Å²) in [5.74, 6) is -0.431. The molecule has 4 nitrogen and oxygen atoms in total. The molecule has 1 saturated carbocycles. The van der Waals surface area contributed by atoms with Crippen LogP contribution in [0.15, 0.2) is 0 Å². The number of hydrogen-bond acceptors (Lipinski definition) is 4. The maximum atomic E-state index is 10.1. The van der Waals surface area contributed by atoms with Crippen molar-refractivity contribution in [3.05, 3.63) is 0 Å². The van der Waals surface area contributed by atoms with E-state index >= 15 is 0 Å². The second kappa shape index (κ2) is 4.69. The Balaban J connectivity index is 2.64. The van der Waals surface area contributed by atoms with E-state index in [0.29, 0.717) is 0 Å². The Kier molecular flexibility index (Phi) is 4.11. The van der Waals surface area contributed by atoms with Gasteiger partial charge in [0.15, 0.2) is 13.6 Å². The summed E-state index contributed by atoms with van der Waals surface area (Å²) in [6.07, 6.45) is 3.45. The molecule has 2 N–H and O–H groups in total. The molecule has 0 saturated heterocycles. The molecule has 1 aliphatic rings. The van der Waals surface area contributed by atoms with Gasteiger partial charge in [-0.05, 0) is 18.9 Å². The first-order valence-corrected chi connectivity index (χ1v) is 5.88. The van der Waals surface area contributed by atoms with Gasteiger partial charge >= 0.3 is 0 Å². The third-order valence-corrected chi connectivity index (χ3v) is 4.04. The molecule has 0 aromatic heterocycles. The summed E-state index contributed by atoms with van der Waals surface area (Å²) in [6, 6.07) is 0. The van der Waals surface area contributed by atoms with Crippen molar-refractivity contribution >= 4 is 15.7 Å². The molecule has 0 radical (unpaired) electrons. The Morgan fingerprint density at radius 1 is 1.38 bits per heavy atom. The van der Waals surface area contributed by atoms with Crippen LogP contribution < -0.4 is 5.32 Å². The van der Waals surface area contributed by atoms with E-state index < -0.39 is 11.4 Å². The van der Waals surface area contributed by atoms with E-state index in [1.165, 1.54) is 0 Å². The maximum Gasteiger partial charge on any atom is 0.168 e. The molecule has 0 aromatic rings. The Morgan fingerprint density at radius 3 is 2.19 bits per heavy atom. The quantitative estimate of drug-likeness (QED) is 0.437. The van der Waals surface area contributed by atoms with E-state index in [2.05, 4.69) is 13.2 Å². The SMILES string of the molecule is BCC1(CC(B)(O)NC)CC(OC)(OC)C1. The second-order valence-electron chi connectivity index (χ2n) is 5.23. The van der Waals surface area contributed by atoms with Crippen molar-refractivity contribution in [1.82, 2.24) is 5.32 Å². The van der Waals surface area contributed by atoms with Crippen LogP contribution in [0.2, 0.25) is 6.32 Å². The first-order valence-electron chi connectivity index (χ1n) is 5.88. The van der Waals surface area contributed by atoms with Gasteiger partial charge in [-0.25, -0.2) is 0 Å². The van der Waals surface area contributed by atoms with Crippen molar-refractivity contribution in [3.8, 4) is 0 Å². The lowest BCUT2D eigenvalue weighted by molar-refractivity contribution is -0.298. The molecule has 1 atom stereocenters. The number of aliphatic hydroxyl groups is 1. The summed E-state index contributed by atoms with van der Waals surface area (Å²) in [5, 5.41) is 13.0. The number of nitrogens with one attached hydrogen (secondary N) is 1. The molecule has 0 aromatic carbocycles. The Hall–Kier alpha value is -0.0301. The van der Waals surface area contributed by atoms with Gasteiger partial charge in [-0.3, -0.25) is 0 Å². The standard InChI is InChI=1S/C10H23B2NO3/c1-13-10(12,14)6-8(7-11)4-9(5-8,15-2)16-3/h13-14H,4-7,11-12H2,1-3H3. The molecule has 6 heteroatoms. The molecule has 16 heavy (non-hydrogen) atoms. The minimum Gasteiger partial charge on any atom is -0.384 e. The van der Waals surface area contributed by atoms with Crippen molar-refractivity contribution < 1.29 is 14.6 Å². The minimum atomic E-state index is -0.816. The summed E-state index contributed by atoms with van der Waals surface area (Å²) in [4.78, 5) is 0. The fourth-order valence-corrected chi connectivity index (χ4v) is 2.78. The minimum absolute atomic E-state index is 0.124. The van der Waals surface area contributed by atoms with Crippen molar-refractivity contribution in [2.75, 3.05) is 21.3 Å². The lowest BCUT2D eigenvalue weighted by Crippen LogP contribution is -2.59. The van der Waals surface area contributed by atoms with Gasteiger partial charge in [-0.2, -0.15) is 0 Å². The molecule has 1 fully saturated rings. The molecule has 0 heterocycles. The largest absolute Gasteiger partial charge is 0.384 e. The highest BCUT2D eigenvalue weighted by molar-refractivity contribution is 6.14. The summed E-state index contributed by atoms with van der Waals surface area (Å²) in [7, 11) is 9.10. The number of hydrogen-bond donors (Lipinski definition) is 2. The van der Waals surface area contributed by atoms with Gasteiger partial charge in [0.1, 0.15) is 7.85 Å². The van der Waals surface area contributed by atoms with E-state index in [4.69, 9.17) is 9.47 Å². The molecule has 1 aliphatic carbocycles. The number of methoxy groups -OCH3 is 2. The average molecular weight is 227 g/mol. The highest BCUT2D eigenvalue weighted by Crippen LogP contribution is 2.56. The smallest absolute Gasteiger partial charge is 0.168 e. The molecule has 0 aliphatic heterocycles. The van der Waals surface area contributed by atoms with Gasteiger partial charge in [0.25, 0.3) is 0 Å². The van der Waals surface area contributed by atoms with E-state index in [1.807, 2.05) is 7.85 Å². The predicted octanol–water partition coefficient (Wildman–Crippen LogP) is -1.30. The third kappa shape index (κ3) is 2.62. The van der Waals surface area contributed by atoms with Crippen LogP contribution in [-0.2, 0) is 9.47 Å². The number of ether oxygens (including phenoxy) is 2. The average Bonchev–Trinajstić information content (AvgIpc) is 2.23. The van der Waals surface area contributed by atoms with Crippen molar-refractivity contribution in [1.29, 1.82) is 0 Å². The zero-order valence-corrected chi connectivity index (χ0v) is 11.1. The zero-order valence-electron chi connectivity index (χ0n) is 11.1. The summed E-state index contributed by atoms with van der Waals surface area (Å²) in [5.41, 5.74) is -0.692. The van der Waals surface area contributed by atoms with Crippen LogP contribution in [0.5, 0.6) is 0 Å². The summed E-state index contributed by atoms with van der Waals surface area (Å²) < 4.78 is 10.8. The molecule has 1 rings (SSSR count). The summed E-state index contributed by atoms with van der Waals surface area (Å²) in [6.45, 7) is 0. The predicted molar refractivity (Wildman–Crippen MR) is 68.9 cm³/mol. The van der Waals surface area contributed by atoms with Crippen LogP contribution in [-0.4, -0.2) is 53.5 Å². The summed E-state index contributed by atoms with van der Waals surface area (Å²) >= 11 is 0. The van der Waals surface area contributed by atoms with Crippen LogP contribution in [0, 0.1) is 5.41 Å². The van der Waals surface area contributed by atoms with Gasteiger partial charge in [-0.1, -0.05) is 6.32 Å². The lowest BCUT2D eigenvalue weighted by atomic mass is 9.54. The van der Waals surface area contributed by atoms with Crippen LogP contribution in [0.25, 0.3) is 0 Å². The maximum absolute atomic E-state index is 10.1. The molecule has 0 bridgehead atoms. The van der Waals surface area contributed by atoms with Gasteiger partial charge < -0.3 is 19.9 Å². The van der Waals surface area contributed by atoms with Crippen LogP contribution in [0.1, 0.15) is 19.3 Å². The van der Waals surface area contributed by atoms with Gasteiger partial charge in [0.05, 0.1) is 5.62 Å². The fourth-order valence-electron chi connectivity index (χ4n) is 2.78. The third-order valence-electron chi connectivity index (χ3n) is 4.04. The van der Waals surface area contributed by atoms with Gasteiger partial charge in [0, 0.05) is 27.1 Å². The van der Waals surface area contributed by atoms with Crippen LogP contribution in [0.4, 0.5) is 0 Å². The second-order valence-corrected chi connectivity index (χ2v) is 5.23. The first kappa shape index (κ1) is 14.0. The van der Waals surface area contributed by atoms with E-state index in [1.54, 1.807) is 21.3 Å². The monoisotopic (exact) mass is 227 g/mol.